The molecule has 0 atom stereocenters. The van der Waals surface area contributed by atoms with Crippen molar-refractivity contribution in [3.63, 3.8) is 0 Å². The molecule has 1 fully saturated rings. The Morgan fingerprint density at radius 2 is 1.59 bits per heavy atom. The molecule has 6 nitrogen and oxygen atoms in total. The number of nitrogens with zero attached hydrogens (tertiary/aromatic N) is 3. The van der Waals surface area contributed by atoms with E-state index in [0.717, 1.165) is 6.07 Å². The standard InChI is InChI=1S/C25H31F3N4O2/c1-3-32(4-2)24(34)20-8-6-10-22(16-20)29-23(33)18-31-13-11-30(12-14-31)17-19-7-5-9-21(15-19)25(26,27)28/h5-10,15-16H,3-4,11-14,17-18H2,1-2H3,(H,29,33). The highest BCUT2D eigenvalue weighted by atomic mass is 19.4. The molecule has 0 bridgehead atoms. The summed E-state index contributed by atoms with van der Waals surface area (Å²) in [6, 6.07) is 12.3. The van der Waals surface area contributed by atoms with Crippen LogP contribution in [0.15, 0.2) is 48.5 Å². The Morgan fingerprint density at radius 3 is 2.24 bits per heavy atom. The van der Waals surface area contributed by atoms with E-state index in [1.165, 1.54) is 12.1 Å². The maximum Gasteiger partial charge on any atom is 0.416 e. The molecule has 0 unspecified atom stereocenters. The number of carbonyl (C=O) groups excluding carboxylic acids is 2. The minimum atomic E-state index is -4.35. The lowest BCUT2D eigenvalue weighted by Crippen LogP contribution is -2.48. The van der Waals surface area contributed by atoms with Crippen LogP contribution in [0.5, 0.6) is 0 Å². The van der Waals surface area contributed by atoms with Crippen molar-refractivity contribution in [3.8, 4) is 0 Å². The van der Waals surface area contributed by atoms with E-state index in [-0.39, 0.29) is 18.4 Å². The number of benzene rings is 2. The lowest BCUT2D eigenvalue weighted by molar-refractivity contribution is -0.137. The van der Waals surface area contributed by atoms with Gasteiger partial charge in [0.15, 0.2) is 0 Å². The zero-order valence-corrected chi connectivity index (χ0v) is 19.6. The Kier molecular flexibility index (Phi) is 8.68. The van der Waals surface area contributed by atoms with E-state index >= 15 is 0 Å². The minimum absolute atomic E-state index is 0.0713. The molecule has 1 heterocycles. The summed E-state index contributed by atoms with van der Waals surface area (Å²) in [6.07, 6.45) is -4.35. The topological polar surface area (TPSA) is 55.9 Å². The Labute approximate surface area is 198 Å². The number of nitrogens with one attached hydrogen (secondary N) is 1. The highest BCUT2D eigenvalue weighted by molar-refractivity contribution is 5.97. The fourth-order valence-electron chi connectivity index (χ4n) is 4.04. The first-order valence-corrected chi connectivity index (χ1v) is 11.5. The van der Waals surface area contributed by atoms with Crippen molar-refractivity contribution in [2.45, 2.75) is 26.6 Å². The lowest BCUT2D eigenvalue weighted by atomic mass is 10.1. The van der Waals surface area contributed by atoms with Gasteiger partial charge in [0.2, 0.25) is 5.91 Å². The molecule has 34 heavy (non-hydrogen) atoms. The molecule has 184 valence electrons. The van der Waals surface area contributed by atoms with Crippen LogP contribution in [0.1, 0.15) is 35.3 Å². The molecule has 1 aliphatic heterocycles. The summed E-state index contributed by atoms with van der Waals surface area (Å²) in [6.45, 7) is 8.35. The third-order valence-corrected chi connectivity index (χ3v) is 5.94. The molecule has 3 rings (SSSR count). The van der Waals surface area contributed by atoms with Crippen LogP contribution >= 0.6 is 0 Å². The first-order chi connectivity index (χ1) is 16.2. The third-order valence-electron chi connectivity index (χ3n) is 5.94. The maximum atomic E-state index is 12.9. The lowest BCUT2D eigenvalue weighted by Gasteiger charge is -2.34. The molecule has 9 heteroatoms. The molecule has 1 saturated heterocycles. The molecule has 2 amide bonds. The Hall–Kier alpha value is -2.91. The number of alkyl halides is 3. The number of hydrogen-bond acceptors (Lipinski definition) is 4. The Balaban J connectivity index is 1.48. The Bertz CT molecular complexity index is 984. The summed E-state index contributed by atoms with van der Waals surface area (Å²) < 4.78 is 38.8. The van der Waals surface area contributed by atoms with Gasteiger partial charge in [-0.25, -0.2) is 0 Å². The number of hydrogen-bond donors (Lipinski definition) is 1. The SMILES string of the molecule is CCN(CC)C(=O)c1cccc(NC(=O)CN2CCN(Cc3cccc(C(F)(F)F)c3)CC2)c1. The molecule has 1 N–H and O–H groups in total. The van der Waals surface area contributed by atoms with Gasteiger partial charge in [-0.15, -0.1) is 0 Å². The fourth-order valence-corrected chi connectivity index (χ4v) is 4.04. The second-order valence-corrected chi connectivity index (χ2v) is 8.36. The van der Waals surface area contributed by atoms with Crippen molar-refractivity contribution < 1.29 is 22.8 Å². The number of rotatable bonds is 8. The number of halogens is 3. The fraction of sp³-hybridized carbons (Fsp3) is 0.440. The van der Waals surface area contributed by atoms with Gasteiger partial charge in [0.1, 0.15) is 0 Å². The van der Waals surface area contributed by atoms with E-state index in [9.17, 15) is 22.8 Å². The van der Waals surface area contributed by atoms with E-state index in [1.54, 1.807) is 35.2 Å². The molecule has 2 aromatic rings. The van der Waals surface area contributed by atoms with Crippen molar-refractivity contribution in [1.29, 1.82) is 0 Å². The molecule has 0 saturated carbocycles. The van der Waals surface area contributed by atoms with Gasteiger partial charge >= 0.3 is 6.18 Å². The van der Waals surface area contributed by atoms with E-state index in [0.29, 0.717) is 62.6 Å². The van der Waals surface area contributed by atoms with Gasteiger partial charge in [-0.2, -0.15) is 13.2 Å². The van der Waals surface area contributed by atoms with Crippen LogP contribution in [-0.2, 0) is 17.5 Å². The van der Waals surface area contributed by atoms with Crippen LogP contribution in [0, 0.1) is 0 Å². The second kappa shape index (κ2) is 11.5. The predicted octanol–water partition coefficient (Wildman–Crippen LogP) is 3.94. The molecule has 1 aliphatic rings. The average Bonchev–Trinajstić information content (AvgIpc) is 2.81. The van der Waals surface area contributed by atoms with Gasteiger partial charge in [-0.1, -0.05) is 24.3 Å². The summed E-state index contributed by atoms with van der Waals surface area (Å²) in [5.74, 6) is -0.239. The summed E-state index contributed by atoms with van der Waals surface area (Å²) in [5.41, 5.74) is 1.10. The average molecular weight is 477 g/mol. The largest absolute Gasteiger partial charge is 0.416 e. The summed E-state index contributed by atoms with van der Waals surface area (Å²) in [5, 5.41) is 2.86. The monoisotopic (exact) mass is 476 g/mol. The molecule has 2 aromatic carbocycles. The van der Waals surface area contributed by atoms with E-state index in [1.807, 2.05) is 18.7 Å². The molecular weight excluding hydrogens is 445 g/mol. The molecule has 0 spiro atoms. The van der Waals surface area contributed by atoms with Gasteiger partial charge < -0.3 is 10.2 Å². The third kappa shape index (κ3) is 7.04. The molecule has 0 aliphatic carbocycles. The van der Waals surface area contributed by atoms with Crippen LogP contribution in [0.3, 0.4) is 0 Å². The number of amides is 2. The van der Waals surface area contributed by atoms with E-state index in [4.69, 9.17) is 0 Å². The first kappa shape index (κ1) is 25.7. The number of carbonyl (C=O) groups is 2. The summed E-state index contributed by atoms with van der Waals surface area (Å²) in [4.78, 5) is 30.9. The second-order valence-electron chi connectivity index (χ2n) is 8.36. The zero-order chi connectivity index (χ0) is 24.7. The predicted molar refractivity (Wildman–Crippen MR) is 125 cm³/mol. The quantitative estimate of drug-likeness (QED) is 0.627. The van der Waals surface area contributed by atoms with E-state index in [2.05, 4.69) is 10.2 Å². The first-order valence-electron chi connectivity index (χ1n) is 11.5. The van der Waals surface area contributed by atoms with Gasteiger partial charge in [0.05, 0.1) is 12.1 Å². The highest BCUT2D eigenvalue weighted by Crippen LogP contribution is 2.29. The number of piperazine rings is 1. The highest BCUT2D eigenvalue weighted by Gasteiger charge is 2.30. The van der Waals surface area contributed by atoms with Gasteiger partial charge in [0.25, 0.3) is 5.91 Å². The summed E-state index contributed by atoms with van der Waals surface area (Å²) in [7, 11) is 0. The van der Waals surface area contributed by atoms with Crippen LogP contribution in [-0.4, -0.2) is 72.3 Å². The van der Waals surface area contributed by atoms with Crippen molar-refractivity contribution in [1.82, 2.24) is 14.7 Å². The Morgan fingerprint density at radius 1 is 0.941 bits per heavy atom. The normalized spacial score (nSPS) is 15.2. The van der Waals surface area contributed by atoms with E-state index < -0.39 is 11.7 Å². The van der Waals surface area contributed by atoms with Crippen molar-refractivity contribution in [3.05, 3.63) is 65.2 Å². The number of anilines is 1. The van der Waals surface area contributed by atoms with Gasteiger partial charge in [-0.05, 0) is 43.7 Å². The van der Waals surface area contributed by atoms with Crippen molar-refractivity contribution >= 4 is 17.5 Å². The molecule has 0 aromatic heterocycles. The van der Waals surface area contributed by atoms with Crippen LogP contribution < -0.4 is 5.32 Å². The van der Waals surface area contributed by atoms with Crippen LogP contribution in [0.4, 0.5) is 18.9 Å². The smallest absolute Gasteiger partial charge is 0.339 e. The van der Waals surface area contributed by atoms with Gasteiger partial charge in [-0.3, -0.25) is 19.4 Å². The van der Waals surface area contributed by atoms with Crippen molar-refractivity contribution in [2.75, 3.05) is 51.1 Å². The minimum Gasteiger partial charge on any atom is -0.339 e. The van der Waals surface area contributed by atoms with Crippen LogP contribution in [0.25, 0.3) is 0 Å². The maximum absolute atomic E-state index is 12.9. The summed E-state index contributed by atoms with van der Waals surface area (Å²) >= 11 is 0. The van der Waals surface area contributed by atoms with Crippen LogP contribution in [0.2, 0.25) is 0 Å². The molecule has 0 radical (unpaired) electrons. The zero-order valence-electron chi connectivity index (χ0n) is 19.6. The van der Waals surface area contributed by atoms with Crippen molar-refractivity contribution in [2.24, 2.45) is 0 Å². The van der Waals surface area contributed by atoms with Gasteiger partial charge in [0, 0.05) is 57.1 Å². The molecular formula is C25H31F3N4O2.